The van der Waals surface area contributed by atoms with E-state index in [1.165, 1.54) is 27.7 Å². The number of hydrogen-bond donors (Lipinski definition) is 0. The average molecular weight is 457 g/mol. The number of benzene rings is 1. The summed E-state index contributed by atoms with van der Waals surface area (Å²) in [6.07, 6.45) is 7.69. The maximum atomic E-state index is 13.1. The van der Waals surface area contributed by atoms with Crippen LogP contribution in [-0.4, -0.2) is 39.0 Å². The zero-order valence-electron chi connectivity index (χ0n) is 19.3. The van der Waals surface area contributed by atoms with Crippen LogP contribution in [0.4, 0.5) is 0 Å². The molecule has 1 aromatic carbocycles. The van der Waals surface area contributed by atoms with Crippen LogP contribution >= 0.6 is 0 Å². The van der Waals surface area contributed by atoms with Crippen LogP contribution in [0.3, 0.4) is 0 Å². The quantitative estimate of drug-likeness (QED) is 0.389. The maximum absolute atomic E-state index is 13.1. The largest absolute Gasteiger partial charge is 0.449 e. The summed E-state index contributed by atoms with van der Waals surface area (Å²) in [5.74, 6) is -0.371. The van der Waals surface area contributed by atoms with Crippen LogP contribution in [0.2, 0.25) is 0 Å². The molecular formula is C28H32N4O2. The van der Waals surface area contributed by atoms with E-state index >= 15 is 0 Å². The molecule has 0 saturated heterocycles. The highest BCUT2D eigenvalue weighted by atomic mass is 16.6. The molecule has 1 unspecified atom stereocenters. The summed E-state index contributed by atoms with van der Waals surface area (Å²) in [4.78, 5) is 23.8. The van der Waals surface area contributed by atoms with E-state index in [0.717, 1.165) is 25.1 Å². The minimum Gasteiger partial charge on any atom is -0.449 e. The van der Waals surface area contributed by atoms with Crippen LogP contribution in [0.5, 0.6) is 0 Å². The van der Waals surface area contributed by atoms with Crippen molar-refractivity contribution in [2.45, 2.75) is 46.4 Å². The molecule has 0 aliphatic carbocycles. The number of carbonyl (C=O) groups excluding carboxylic acids is 1. The minimum absolute atomic E-state index is 0. The molecule has 5 rings (SSSR count). The van der Waals surface area contributed by atoms with Crippen molar-refractivity contribution < 1.29 is 9.53 Å². The van der Waals surface area contributed by atoms with Gasteiger partial charge in [0, 0.05) is 66.5 Å². The predicted molar refractivity (Wildman–Crippen MR) is 135 cm³/mol. The highest BCUT2D eigenvalue weighted by molar-refractivity contribution is 5.89. The standard InChI is InChI=1S/C27H28N4O2.CH4/c1-19-6-7-24-22(15-19)23-17-30(3)14-10-25(23)31(24)18-27(2,21-5-4-11-29-16-21)33-26(32)20-8-12-28-13-9-20;/h4-9,11-13,15-16H,10,14,17-18H2,1-3H3;1H4. The number of nitrogens with zero attached hydrogens (tertiary/aromatic N) is 4. The normalized spacial score (nSPS) is 15.3. The first-order valence-electron chi connectivity index (χ1n) is 11.3. The predicted octanol–water partition coefficient (Wildman–Crippen LogP) is 5.14. The third-order valence-electron chi connectivity index (χ3n) is 6.57. The van der Waals surface area contributed by atoms with Crippen LogP contribution < -0.4 is 0 Å². The van der Waals surface area contributed by atoms with Crippen LogP contribution in [0.1, 0.15) is 47.1 Å². The van der Waals surface area contributed by atoms with Crippen LogP contribution in [0.25, 0.3) is 10.9 Å². The molecule has 34 heavy (non-hydrogen) atoms. The monoisotopic (exact) mass is 456 g/mol. The lowest BCUT2D eigenvalue weighted by molar-refractivity contribution is -0.0207. The molecule has 0 N–H and O–H groups in total. The van der Waals surface area contributed by atoms with E-state index in [9.17, 15) is 4.79 Å². The first kappa shape index (κ1) is 23.6. The van der Waals surface area contributed by atoms with Gasteiger partial charge in [-0.2, -0.15) is 0 Å². The number of aromatic nitrogens is 3. The van der Waals surface area contributed by atoms with Gasteiger partial charge in [0.25, 0.3) is 0 Å². The van der Waals surface area contributed by atoms with Gasteiger partial charge in [-0.05, 0) is 56.8 Å². The molecule has 4 aromatic rings. The van der Waals surface area contributed by atoms with Crippen molar-refractivity contribution >= 4 is 16.9 Å². The topological polar surface area (TPSA) is 60.3 Å². The van der Waals surface area contributed by atoms with Crippen molar-refractivity contribution in [1.29, 1.82) is 0 Å². The van der Waals surface area contributed by atoms with E-state index in [1.807, 2.05) is 19.1 Å². The van der Waals surface area contributed by atoms with Crippen LogP contribution in [-0.2, 0) is 29.8 Å². The molecule has 0 spiro atoms. The van der Waals surface area contributed by atoms with Crippen LogP contribution in [0.15, 0.2) is 67.3 Å². The Bertz CT molecular complexity index is 1300. The van der Waals surface area contributed by atoms with E-state index in [-0.39, 0.29) is 13.4 Å². The number of hydrogen-bond acceptors (Lipinski definition) is 5. The van der Waals surface area contributed by atoms with Gasteiger partial charge in [0.2, 0.25) is 0 Å². The second-order valence-corrected chi connectivity index (χ2v) is 9.12. The van der Waals surface area contributed by atoms with Crippen molar-refractivity contribution in [2.24, 2.45) is 0 Å². The Labute approximate surface area is 201 Å². The summed E-state index contributed by atoms with van der Waals surface area (Å²) >= 11 is 0. The Morgan fingerprint density at radius 1 is 1.12 bits per heavy atom. The number of carbonyl (C=O) groups is 1. The molecule has 1 aliphatic rings. The van der Waals surface area contributed by atoms with E-state index < -0.39 is 5.60 Å². The Hall–Kier alpha value is -3.51. The molecular weight excluding hydrogens is 424 g/mol. The first-order valence-corrected chi connectivity index (χ1v) is 11.3. The number of fused-ring (bicyclic) bond motifs is 3. The van der Waals surface area contributed by atoms with Gasteiger partial charge >= 0.3 is 5.97 Å². The van der Waals surface area contributed by atoms with E-state index in [1.54, 1.807) is 36.9 Å². The fraction of sp³-hybridized carbons (Fsp3) is 0.321. The van der Waals surface area contributed by atoms with Gasteiger partial charge < -0.3 is 14.2 Å². The molecule has 6 heteroatoms. The fourth-order valence-corrected chi connectivity index (χ4v) is 4.79. The third kappa shape index (κ3) is 4.33. The van der Waals surface area contributed by atoms with Gasteiger partial charge in [0.1, 0.15) is 0 Å². The molecule has 0 fully saturated rings. The van der Waals surface area contributed by atoms with Crippen molar-refractivity contribution in [3.63, 3.8) is 0 Å². The second kappa shape index (κ2) is 9.39. The number of ether oxygens (including phenoxy) is 1. The second-order valence-electron chi connectivity index (χ2n) is 9.12. The van der Waals surface area contributed by atoms with E-state index in [0.29, 0.717) is 12.1 Å². The van der Waals surface area contributed by atoms with Gasteiger partial charge in [-0.1, -0.05) is 25.1 Å². The van der Waals surface area contributed by atoms with Gasteiger partial charge in [0.15, 0.2) is 5.60 Å². The lowest BCUT2D eigenvalue weighted by atomic mass is 9.96. The highest BCUT2D eigenvalue weighted by Crippen LogP contribution is 2.36. The Morgan fingerprint density at radius 2 is 1.91 bits per heavy atom. The highest BCUT2D eigenvalue weighted by Gasteiger charge is 2.35. The maximum Gasteiger partial charge on any atom is 0.339 e. The number of pyridine rings is 2. The zero-order valence-corrected chi connectivity index (χ0v) is 19.3. The summed E-state index contributed by atoms with van der Waals surface area (Å²) in [6, 6.07) is 13.8. The molecule has 176 valence electrons. The SMILES string of the molecule is C.Cc1ccc2c(c1)c1c(n2CC(C)(OC(=O)c2ccncc2)c2cccnc2)CCN(C)C1. The van der Waals surface area contributed by atoms with Crippen molar-refractivity contribution in [3.8, 4) is 0 Å². The summed E-state index contributed by atoms with van der Waals surface area (Å²) in [5.41, 5.74) is 5.56. The first-order chi connectivity index (χ1) is 15.9. The molecule has 0 radical (unpaired) electrons. The summed E-state index contributed by atoms with van der Waals surface area (Å²) < 4.78 is 8.58. The van der Waals surface area contributed by atoms with Crippen molar-refractivity contribution in [3.05, 3.63) is 95.2 Å². The van der Waals surface area contributed by atoms with Gasteiger partial charge in [-0.3, -0.25) is 9.97 Å². The molecule has 1 atom stereocenters. The Kier molecular flexibility index (Phi) is 6.53. The van der Waals surface area contributed by atoms with Gasteiger partial charge in [-0.25, -0.2) is 4.79 Å². The average Bonchev–Trinajstić information content (AvgIpc) is 3.11. The Balaban J connectivity index is 0.00000274. The van der Waals surface area contributed by atoms with E-state index in [2.05, 4.69) is 51.6 Å². The molecule has 0 bridgehead atoms. The number of esters is 1. The molecule has 3 aromatic heterocycles. The summed E-state index contributed by atoms with van der Waals surface area (Å²) in [7, 11) is 2.16. The molecule has 1 aliphatic heterocycles. The van der Waals surface area contributed by atoms with Crippen LogP contribution in [0, 0.1) is 6.92 Å². The van der Waals surface area contributed by atoms with Crippen molar-refractivity contribution in [1.82, 2.24) is 19.4 Å². The number of aryl methyl sites for hydroxylation is 1. The number of rotatable bonds is 5. The van der Waals surface area contributed by atoms with Crippen molar-refractivity contribution in [2.75, 3.05) is 13.6 Å². The van der Waals surface area contributed by atoms with Gasteiger partial charge in [-0.15, -0.1) is 0 Å². The molecule has 4 heterocycles. The molecule has 6 nitrogen and oxygen atoms in total. The van der Waals surface area contributed by atoms with E-state index in [4.69, 9.17) is 4.74 Å². The lowest BCUT2D eigenvalue weighted by Gasteiger charge is -2.32. The summed E-state index contributed by atoms with van der Waals surface area (Å²) in [6.45, 7) is 6.54. The number of likely N-dealkylation sites (N-methyl/N-ethyl adjacent to an activating group) is 1. The smallest absolute Gasteiger partial charge is 0.339 e. The molecule has 0 amide bonds. The molecule has 0 saturated carbocycles. The Morgan fingerprint density at radius 3 is 2.65 bits per heavy atom. The fourth-order valence-electron chi connectivity index (χ4n) is 4.79. The summed E-state index contributed by atoms with van der Waals surface area (Å²) in [5, 5.41) is 1.28. The third-order valence-corrected chi connectivity index (χ3v) is 6.57. The van der Waals surface area contributed by atoms with Gasteiger partial charge in [0.05, 0.1) is 12.1 Å². The lowest BCUT2D eigenvalue weighted by Crippen LogP contribution is -2.36. The minimum atomic E-state index is -0.900. The zero-order chi connectivity index (χ0) is 23.0.